The number of unbranched alkanes of at least 4 members (excludes halogenated alkanes) is 29. The molecule has 0 spiro atoms. The molecule has 0 aromatic heterocycles. The van der Waals surface area contributed by atoms with Gasteiger partial charge in [-0.25, -0.2) is 9.13 Å². The zero-order chi connectivity index (χ0) is 73.2. The average Bonchev–Trinajstić information content (AvgIpc) is 1.02. The van der Waals surface area contributed by atoms with Crippen LogP contribution in [0.4, 0.5) is 0 Å². The van der Waals surface area contributed by atoms with Crippen molar-refractivity contribution in [2.45, 2.75) is 341 Å². The van der Waals surface area contributed by atoms with E-state index < -0.39 is 97.5 Å². The third kappa shape index (κ3) is 72.1. The Hall–Kier alpha value is -4.28. The molecule has 0 aliphatic heterocycles. The minimum atomic E-state index is -4.98. The Morgan fingerprint density at radius 2 is 0.520 bits per heavy atom. The summed E-state index contributed by atoms with van der Waals surface area (Å²) >= 11 is 0. The molecule has 0 aliphatic carbocycles. The summed E-state index contributed by atoms with van der Waals surface area (Å²) in [6, 6.07) is 0. The van der Waals surface area contributed by atoms with Gasteiger partial charge in [0.1, 0.15) is 19.3 Å². The molecular formula is C81H140O17P2. The van der Waals surface area contributed by atoms with Gasteiger partial charge in [-0.15, -0.1) is 0 Å². The smallest absolute Gasteiger partial charge is 0.462 e. The lowest BCUT2D eigenvalue weighted by Crippen LogP contribution is -2.30. The first kappa shape index (κ1) is 95.7. The van der Waals surface area contributed by atoms with Crippen molar-refractivity contribution in [3.63, 3.8) is 0 Å². The Morgan fingerprint density at radius 3 is 0.830 bits per heavy atom. The molecule has 0 rings (SSSR count). The summed E-state index contributed by atoms with van der Waals surface area (Å²) in [4.78, 5) is 72.9. The molecule has 0 bridgehead atoms. The maximum absolute atomic E-state index is 13.1. The van der Waals surface area contributed by atoms with Crippen molar-refractivity contribution >= 4 is 39.5 Å². The molecule has 0 radical (unpaired) electrons. The van der Waals surface area contributed by atoms with Crippen LogP contribution in [0.25, 0.3) is 0 Å². The Kier molecular flexibility index (Phi) is 69.9. The molecule has 0 saturated heterocycles. The first-order valence-corrected chi connectivity index (χ1v) is 42.1. The summed E-state index contributed by atoms with van der Waals surface area (Å²) in [7, 11) is -9.96. The minimum absolute atomic E-state index is 0.0821. The number of ether oxygens (including phenoxy) is 4. The Balaban J connectivity index is 5.33. The number of rotatable bonds is 73. The van der Waals surface area contributed by atoms with Crippen molar-refractivity contribution in [2.24, 2.45) is 0 Å². The molecule has 0 saturated carbocycles. The molecule has 3 N–H and O–H groups in total. The summed E-state index contributed by atoms with van der Waals surface area (Å²) in [5, 5.41) is 10.6. The van der Waals surface area contributed by atoms with Crippen molar-refractivity contribution in [3.05, 3.63) is 109 Å². The number of hydrogen-bond donors (Lipinski definition) is 3. The molecule has 0 amide bonds. The fraction of sp³-hybridized carbons (Fsp3) is 0.728. The van der Waals surface area contributed by atoms with Crippen molar-refractivity contribution in [3.8, 4) is 0 Å². The van der Waals surface area contributed by atoms with Gasteiger partial charge >= 0.3 is 39.5 Å². The maximum Gasteiger partial charge on any atom is 0.472 e. The first-order valence-electron chi connectivity index (χ1n) is 39.1. The van der Waals surface area contributed by atoms with Gasteiger partial charge in [0.05, 0.1) is 26.4 Å². The molecule has 0 aliphatic rings. The van der Waals surface area contributed by atoms with Gasteiger partial charge in [-0.05, 0) is 128 Å². The lowest BCUT2D eigenvalue weighted by atomic mass is 10.1. The number of phosphoric ester groups is 2. The van der Waals surface area contributed by atoms with Gasteiger partial charge < -0.3 is 33.8 Å². The SMILES string of the molecule is CC/C=C\C/C=C\C/C=C\C/C=C\C/C=C\CCCCCC(=O)OCC(COP(=O)(O)OCC(O)COP(=O)(O)OCC(COC(=O)CCCCCCCCC/C=C\C/C=C\C/C=C\CC)OC(=O)CCCCCCC/C=C\CCCCCC)OC(=O)CCCCCCCCCCCCC. The second kappa shape index (κ2) is 73.0. The molecule has 0 aromatic rings. The molecule has 0 fully saturated rings. The van der Waals surface area contributed by atoms with E-state index in [1.165, 1.54) is 64.2 Å². The van der Waals surface area contributed by atoms with Crippen LogP contribution in [0.2, 0.25) is 0 Å². The molecule has 5 atom stereocenters. The van der Waals surface area contributed by atoms with E-state index in [0.29, 0.717) is 25.7 Å². The van der Waals surface area contributed by atoms with Crippen LogP contribution in [0, 0.1) is 0 Å². The summed E-state index contributed by atoms with van der Waals surface area (Å²) < 4.78 is 68.5. The average molecular weight is 1450 g/mol. The van der Waals surface area contributed by atoms with Gasteiger partial charge in [-0.3, -0.25) is 37.3 Å². The van der Waals surface area contributed by atoms with Crippen LogP contribution >= 0.6 is 15.6 Å². The zero-order valence-corrected chi connectivity index (χ0v) is 64.6. The van der Waals surface area contributed by atoms with Crippen LogP contribution in [0.3, 0.4) is 0 Å². The van der Waals surface area contributed by atoms with Crippen LogP contribution in [0.15, 0.2) is 109 Å². The molecule has 5 unspecified atom stereocenters. The number of allylic oxidation sites excluding steroid dienone is 18. The van der Waals surface area contributed by atoms with Crippen LogP contribution in [-0.4, -0.2) is 96.7 Å². The highest BCUT2D eigenvalue weighted by Crippen LogP contribution is 2.45. The fourth-order valence-corrected chi connectivity index (χ4v) is 11.9. The van der Waals surface area contributed by atoms with Crippen LogP contribution in [0.1, 0.15) is 323 Å². The number of aliphatic hydroxyl groups is 1. The van der Waals surface area contributed by atoms with E-state index in [2.05, 4.69) is 137 Å². The zero-order valence-electron chi connectivity index (χ0n) is 62.8. The van der Waals surface area contributed by atoms with Crippen molar-refractivity contribution < 1.29 is 80.2 Å². The van der Waals surface area contributed by atoms with Gasteiger partial charge in [0.2, 0.25) is 0 Å². The normalized spacial score (nSPS) is 14.5. The predicted molar refractivity (Wildman–Crippen MR) is 408 cm³/mol. The highest BCUT2D eigenvalue weighted by Gasteiger charge is 2.30. The van der Waals surface area contributed by atoms with E-state index in [9.17, 15) is 43.2 Å². The lowest BCUT2D eigenvalue weighted by molar-refractivity contribution is -0.161. The standard InChI is InChI=1S/C81H140O17P2/c1-5-9-13-17-21-25-29-32-34-36-37-39-41-44-47-50-54-58-62-66-78(83)91-71-76(97-80(85)67-63-59-55-51-45-28-24-20-16-12-8-4)73-95-99(87,88)93-69-75(82)70-94-100(89,90)96-74-77(98-81(86)68-64-60-56-52-48-42-31-27-23-19-15-11-7-3)72-92-79(84)65-61-57-53-49-46-43-40-38-35-33-30-26-22-18-14-10-6-2/h9-10,13-14,21-22,25-27,31-35,37,39,44,47,75-77,82H,5-8,11-12,15-20,23-24,28-30,36,38,40-43,45-46,48-74H2,1-4H3,(H,87,88)(H,89,90)/b13-9-,14-10-,25-21-,26-22-,31-27-,34-32-,35-33-,39-37-,47-44-. The quantitative estimate of drug-likeness (QED) is 0.0169. The van der Waals surface area contributed by atoms with E-state index in [-0.39, 0.29) is 25.7 Å². The van der Waals surface area contributed by atoms with Crippen LogP contribution in [0.5, 0.6) is 0 Å². The van der Waals surface area contributed by atoms with E-state index in [1.54, 1.807) is 0 Å². The van der Waals surface area contributed by atoms with Crippen LogP contribution in [-0.2, 0) is 65.4 Å². The van der Waals surface area contributed by atoms with Gasteiger partial charge in [0.15, 0.2) is 12.2 Å². The fourth-order valence-electron chi connectivity index (χ4n) is 10.3. The van der Waals surface area contributed by atoms with Crippen molar-refractivity contribution in [1.29, 1.82) is 0 Å². The third-order valence-electron chi connectivity index (χ3n) is 16.2. The molecule has 100 heavy (non-hydrogen) atoms. The Morgan fingerprint density at radius 1 is 0.290 bits per heavy atom. The highest BCUT2D eigenvalue weighted by molar-refractivity contribution is 7.47. The van der Waals surface area contributed by atoms with Crippen molar-refractivity contribution in [2.75, 3.05) is 39.6 Å². The molecule has 0 heterocycles. The summed E-state index contributed by atoms with van der Waals surface area (Å²) in [6.07, 6.45) is 77.9. The predicted octanol–water partition coefficient (Wildman–Crippen LogP) is 22.6. The Bertz CT molecular complexity index is 2320. The van der Waals surface area contributed by atoms with Gasteiger partial charge in [-0.2, -0.15) is 0 Å². The van der Waals surface area contributed by atoms with Gasteiger partial charge in [0, 0.05) is 25.7 Å². The van der Waals surface area contributed by atoms with Crippen molar-refractivity contribution in [1.82, 2.24) is 0 Å². The van der Waals surface area contributed by atoms with E-state index >= 15 is 0 Å². The highest BCUT2D eigenvalue weighted by atomic mass is 31.2. The largest absolute Gasteiger partial charge is 0.472 e. The molecule has 0 aromatic carbocycles. The second-order valence-corrected chi connectivity index (χ2v) is 28.8. The topological polar surface area (TPSA) is 237 Å². The summed E-state index contributed by atoms with van der Waals surface area (Å²) in [5.41, 5.74) is 0. The molecule has 576 valence electrons. The maximum atomic E-state index is 13.1. The third-order valence-corrected chi connectivity index (χ3v) is 18.1. The summed E-state index contributed by atoms with van der Waals surface area (Å²) in [6.45, 7) is 4.59. The van der Waals surface area contributed by atoms with E-state index in [0.717, 1.165) is 180 Å². The molecular weight excluding hydrogens is 1310 g/mol. The number of carbonyl (C=O) groups excluding carboxylic acids is 4. The number of carbonyl (C=O) groups is 4. The van der Waals surface area contributed by atoms with Gasteiger partial charge in [-0.1, -0.05) is 278 Å². The number of aliphatic hydroxyl groups excluding tert-OH is 1. The van der Waals surface area contributed by atoms with E-state index in [4.69, 9.17) is 37.0 Å². The number of esters is 4. The molecule has 19 heteroatoms. The number of hydrogen-bond acceptors (Lipinski definition) is 15. The Labute approximate surface area is 607 Å². The lowest BCUT2D eigenvalue weighted by Gasteiger charge is -2.21. The monoisotopic (exact) mass is 1450 g/mol. The van der Waals surface area contributed by atoms with Gasteiger partial charge in [0.25, 0.3) is 0 Å². The number of phosphoric acid groups is 2. The first-order chi connectivity index (χ1) is 48.7. The second-order valence-electron chi connectivity index (χ2n) is 25.9. The van der Waals surface area contributed by atoms with Crippen LogP contribution < -0.4 is 0 Å². The van der Waals surface area contributed by atoms with E-state index in [1.807, 2.05) is 0 Å². The summed E-state index contributed by atoms with van der Waals surface area (Å²) in [5.74, 6) is -2.22. The minimum Gasteiger partial charge on any atom is -0.462 e. The molecule has 17 nitrogen and oxygen atoms in total.